The van der Waals surface area contributed by atoms with Crippen molar-refractivity contribution in [3.63, 3.8) is 0 Å². The van der Waals surface area contributed by atoms with Crippen LogP contribution in [0.4, 0.5) is 0 Å². The number of rotatable bonds is 2. The van der Waals surface area contributed by atoms with Crippen molar-refractivity contribution < 1.29 is 14.3 Å². The van der Waals surface area contributed by atoms with Crippen molar-refractivity contribution in [3.8, 4) is 5.69 Å². The highest BCUT2D eigenvalue weighted by atomic mass is 16.4. The largest absolute Gasteiger partial charge is 0.476 e. The van der Waals surface area contributed by atoms with Gasteiger partial charge in [-0.25, -0.2) is 9.48 Å². The maximum absolute atomic E-state index is 10.4. The van der Waals surface area contributed by atoms with Crippen molar-refractivity contribution in [2.75, 3.05) is 0 Å². The van der Waals surface area contributed by atoms with E-state index >= 15 is 0 Å². The summed E-state index contributed by atoms with van der Waals surface area (Å²) in [4.78, 5) is 10.4. The van der Waals surface area contributed by atoms with E-state index in [0.717, 1.165) is 0 Å². The second-order valence-corrected chi connectivity index (χ2v) is 2.34. The molecule has 13 heavy (non-hydrogen) atoms. The molecule has 2 rings (SSSR count). The number of hydrogen-bond donors (Lipinski definition) is 1. The van der Waals surface area contributed by atoms with Gasteiger partial charge in [0.25, 0.3) is 0 Å². The quantitative estimate of drug-likeness (QED) is 0.728. The summed E-state index contributed by atoms with van der Waals surface area (Å²) in [7, 11) is 0. The number of hydrogen-bond acceptors (Lipinski definition) is 4. The second kappa shape index (κ2) is 2.74. The van der Waals surface area contributed by atoms with E-state index in [4.69, 9.17) is 9.52 Å². The van der Waals surface area contributed by atoms with Crippen LogP contribution in [0.5, 0.6) is 0 Å². The summed E-state index contributed by atoms with van der Waals surface area (Å²) < 4.78 is 6.13. The smallest absolute Gasteiger partial charge is 0.358 e. The first-order valence-electron chi connectivity index (χ1n) is 3.45. The van der Waals surface area contributed by atoms with Crippen LogP contribution in [-0.4, -0.2) is 26.1 Å². The predicted molar refractivity (Wildman–Crippen MR) is 40.6 cm³/mol. The summed E-state index contributed by atoms with van der Waals surface area (Å²) in [5.74, 6) is -1.10. The second-order valence-electron chi connectivity index (χ2n) is 2.34. The first-order valence-corrected chi connectivity index (χ1v) is 3.45. The maximum Gasteiger partial charge on any atom is 0.358 e. The van der Waals surface area contributed by atoms with Gasteiger partial charge in [0.1, 0.15) is 12.0 Å². The van der Waals surface area contributed by atoms with E-state index in [9.17, 15) is 4.79 Å². The minimum Gasteiger partial charge on any atom is -0.476 e. The molecule has 0 radical (unpaired) electrons. The fourth-order valence-corrected chi connectivity index (χ4v) is 0.876. The van der Waals surface area contributed by atoms with Crippen LogP contribution in [0.1, 0.15) is 10.5 Å². The van der Waals surface area contributed by atoms with Gasteiger partial charge in [0.05, 0.1) is 12.5 Å². The van der Waals surface area contributed by atoms with Crippen molar-refractivity contribution in [2.24, 2.45) is 0 Å². The number of carboxylic acid groups (broad SMARTS) is 1. The molecule has 0 aliphatic heterocycles. The lowest BCUT2D eigenvalue weighted by molar-refractivity contribution is 0.0690. The molecular formula is C7H5N3O3. The zero-order chi connectivity index (χ0) is 9.26. The molecule has 2 heterocycles. The average Bonchev–Trinajstić information content (AvgIpc) is 2.75. The van der Waals surface area contributed by atoms with Gasteiger partial charge in [-0.05, 0) is 0 Å². The summed E-state index contributed by atoms with van der Waals surface area (Å²) in [6.07, 6.45) is 4.23. The Bertz CT molecular complexity index is 418. The molecule has 0 aliphatic rings. The van der Waals surface area contributed by atoms with Crippen molar-refractivity contribution in [1.82, 2.24) is 15.0 Å². The summed E-state index contributed by atoms with van der Waals surface area (Å²) in [6.45, 7) is 0. The Morgan fingerprint density at radius 2 is 2.46 bits per heavy atom. The fraction of sp³-hybridized carbons (Fsp3) is 0. The van der Waals surface area contributed by atoms with E-state index in [-0.39, 0.29) is 5.69 Å². The van der Waals surface area contributed by atoms with Crippen molar-refractivity contribution in [2.45, 2.75) is 0 Å². The van der Waals surface area contributed by atoms with E-state index in [2.05, 4.69) is 10.3 Å². The Morgan fingerprint density at radius 3 is 3.00 bits per heavy atom. The molecule has 0 aromatic carbocycles. The SMILES string of the molecule is O=C(O)c1cn(-c2ccoc2)nn1. The van der Waals surface area contributed by atoms with Crippen LogP contribution in [0.2, 0.25) is 0 Å². The monoisotopic (exact) mass is 179 g/mol. The van der Waals surface area contributed by atoms with Gasteiger partial charge < -0.3 is 9.52 Å². The van der Waals surface area contributed by atoms with Crippen LogP contribution in [-0.2, 0) is 0 Å². The average molecular weight is 179 g/mol. The van der Waals surface area contributed by atoms with Crippen LogP contribution in [0, 0.1) is 0 Å². The minimum atomic E-state index is -1.10. The third-order valence-electron chi connectivity index (χ3n) is 1.48. The van der Waals surface area contributed by atoms with E-state index in [1.54, 1.807) is 6.07 Å². The summed E-state index contributed by atoms with van der Waals surface area (Å²) in [6, 6.07) is 1.65. The molecule has 0 spiro atoms. The minimum absolute atomic E-state index is 0.0961. The van der Waals surface area contributed by atoms with Crippen LogP contribution < -0.4 is 0 Å². The Balaban J connectivity index is 2.39. The zero-order valence-corrected chi connectivity index (χ0v) is 6.41. The van der Waals surface area contributed by atoms with Crippen molar-refractivity contribution in [3.05, 3.63) is 30.5 Å². The lowest BCUT2D eigenvalue weighted by Gasteiger charge is -1.89. The van der Waals surface area contributed by atoms with Gasteiger partial charge in [0.15, 0.2) is 5.69 Å². The molecule has 2 aromatic rings. The molecule has 1 N–H and O–H groups in total. The summed E-state index contributed by atoms with van der Waals surface area (Å²) >= 11 is 0. The van der Waals surface area contributed by atoms with E-state index in [1.807, 2.05) is 0 Å². The molecule has 0 atom stereocenters. The standard InChI is InChI=1S/C7H5N3O3/c11-7(12)6-3-10(9-8-6)5-1-2-13-4-5/h1-4H,(H,11,12). The Labute approximate surface area is 72.4 Å². The highest BCUT2D eigenvalue weighted by molar-refractivity contribution is 5.84. The fourth-order valence-electron chi connectivity index (χ4n) is 0.876. The van der Waals surface area contributed by atoms with Crippen molar-refractivity contribution >= 4 is 5.97 Å². The predicted octanol–water partition coefficient (Wildman–Crippen LogP) is 0.558. The number of aromatic nitrogens is 3. The number of aromatic carboxylic acids is 1. The number of nitrogens with zero attached hydrogens (tertiary/aromatic N) is 3. The molecule has 0 unspecified atom stereocenters. The molecule has 2 aromatic heterocycles. The number of carbonyl (C=O) groups is 1. The van der Waals surface area contributed by atoms with Gasteiger partial charge in [-0.15, -0.1) is 5.10 Å². The van der Waals surface area contributed by atoms with E-state index in [1.165, 1.54) is 23.4 Å². The normalized spacial score (nSPS) is 10.2. The van der Waals surface area contributed by atoms with Crippen LogP contribution in [0.25, 0.3) is 5.69 Å². The van der Waals surface area contributed by atoms with Crippen LogP contribution in [0.3, 0.4) is 0 Å². The zero-order valence-electron chi connectivity index (χ0n) is 6.41. The van der Waals surface area contributed by atoms with Gasteiger partial charge in [-0.2, -0.15) is 0 Å². The molecule has 0 amide bonds. The molecule has 0 saturated carbocycles. The van der Waals surface area contributed by atoms with Gasteiger partial charge in [0, 0.05) is 6.07 Å². The third-order valence-corrected chi connectivity index (χ3v) is 1.48. The number of furan rings is 1. The highest BCUT2D eigenvalue weighted by Gasteiger charge is 2.09. The van der Waals surface area contributed by atoms with Crippen LogP contribution in [0.15, 0.2) is 29.2 Å². The number of carboxylic acids is 1. The molecular weight excluding hydrogens is 174 g/mol. The Hall–Kier alpha value is -2.11. The van der Waals surface area contributed by atoms with Gasteiger partial charge in [-0.1, -0.05) is 5.21 Å². The van der Waals surface area contributed by atoms with E-state index in [0.29, 0.717) is 5.69 Å². The summed E-state index contributed by atoms with van der Waals surface area (Å²) in [5.41, 5.74) is 0.543. The lowest BCUT2D eigenvalue weighted by Crippen LogP contribution is -1.95. The molecule has 6 heteroatoms. The molecule has 0 saturated heterocycles. The summed E-state index contributed by atoms with van der Waals surface area (Å²) in [5, 5.41) is 15.6. The van der Waals surface area contributed by atoms with Gasteiger partial charge in [0.2, 0.25) is 0 Å². The Kier molecular flexibility index (Phi) is 1.59. The lowest BCUT2D eigenvalue weighted by atomic mass is 10.5. The van der Waals surface area contributed by atoms with Gasteiger partial charge in [-0.3, -0.25) is 0 Å². The van der Waals surface area contributed by atoms with Gasteiger partial charge >= 0.3 is 5.97 Å². The molecule has 6 nitrogen and oxygen atoms in total. The Morgan fingerprint density at radius 1 is 1.62 bits per heavy atom. The molecule has 0 aliphatic carbocycles. The highest BCUT2D eigenvalue weighted by Crippen LogP contribution is 2.06. The molecule has 0 bridgehead atoms. The third kappa shape index (κ3) is 1.28. The molecule has 0 fully saturated rings. The maximum atomic E-state index is 10.4. The van der Waals surface area contributed by atoms with Crippen LogP contribution >= 0.6 is 0 Å². The van der Waals surface area contributed by atoms with Crippen molar-refractivity contribution in [1.29, 1.82) is 0 Å². The molecule has 66 valence electrons. The first-order chi connectivity index (χ1) is 6.27. The first kappa shape index (κ1) is 7.53. The van der Waals surface area contributed by atoms with E-state index < -0.39 is 5.97 Å². The topological polar surface area (TPSA) is 81.1 Å².